The number of hydrogen-bond acceptors (Lipinski definition) is 4. The summed E-state index contributed by atoms with van der Waals surface area (Å²) in [5.41, 5.74) is 1.28. The molecule has 7 nitrogen and oxygen atoms in total. The van der Waals surface area contributed by atoms with Gasteiger partial charge in [-0.2, -0.15) is 0 Å². The molecule has 0 spiro atoms. The molecule has 34 heavy (non-hydrogen) atoms. The van der Waals surface area contributed by atoms with Crippen LogP contribution in [0.2, 0.25) is 0 Å². The Morgan fingerprint density at radius 1 is 0.882 bits per heavy atom. The van der Waals surface area contributed by atoms with E-state index in [1.165, 1.54) is 23.7 Å². The fourth-order valence-electron chi connectivity index (χ4n) is 4.34. The maximum Gasteiger partial charge on any atom is 0.287 e. The maximum absolute atomic E-state index is 13.6. The minimum atomic E-state index is -0.876. The standard InChI is InChI=1S/C27H29N3O4/c31-24(19-28-26(32)23-17-10-18-34-23)30(22-15-8-3-9-16-22)25(20-11-4-1-5-12-20)27(33)29-21-13-6-2-7-14-21/h1,3-5,8-12,15-18,21,25H,2,6-7,13-14,19H2,(H,28,32)(H,29,33)/t25-/m1/s1. The van der Waals surface area contributed by atoms with Gasteiger partial charge >= 0.3 is 0 Å². The molecule has 1 atom stereocenters. The summed E-state index contributed by atoms with van der Waals surface area (Å²) in [5.74, 6) is -1.01. The van der Waals surface area contributed by atoms with E-state index in [1.807, 2.05) is 48.5 Å². The van der Waals surface area contributed by atoms with Gasteiger partial charge in [-0.15, -0.1) is 0 Å². The van der Waals surface area contributed by atoms with Gasteiger partial charge in [-0.3, -0.25) is 19.3 Å². The highest BCUT2D eigenvalue weighted by Gasteiger charge is 2.34. The van der Waals surface area contributed by atoms with Gasteiger partial charge in [-0.25, -0.2) is 0 Å². The second-order valence-electron chi connectivity index (χ2n) is 8.42. The number of carbonyl (C=O) groups is 3. The zero-order chi connectivity index (χ0) is 23.8. The summed E-state index contributed by atoms with van der Waals surface area (Å²) in [6, 6.07) is 20.7. The molecule has 0 saturated heterocycles. The smallest absolute Gasteiger partial charge is 0.287 e. The van der Waals surface area contributed by atoms with E-state index in [0.29, 0.717) is 11.3 Å². The molecule has 4 rings (SSSR count). The maximum atomic E-state index is 13.6. The first kappa shape index (κ1) is 23.3. The molecule has 2 aromatic carbocycles. The molecule has 7 heteroatoms. The minimum Gasteiger partial charge on any atom is -0.459 e. The van der Waals surface area contributed by atoms with Crippen molar-refractivity contribution in [2.45, 2.75) is 44.2 Å². The summed E-state index contributed by atoms with van der Waals surface area (Å²) < 4.78 is 5.11. The summed E-state index contributed by atoms with van der Waals surface area (Å²) in [4.78, 5) is 41.0. The first-order valence-corrected chi connectivity index (χ1v) is 11.7. The van der Waals surface area contributed by atoms with Crippen molar-refractivity contribution in [1.82, 2.24) is 10.6 Å². The fourth-order valence-corrected chi connectivity index (χ4v) is 4.34. The SMILES string of the molecule is O=C(NCC(=O)N(c1ccccc1)[C@@H](C(=O)NC1CCCCC1)c1ccccc1)c1ccco1. The molecule has 0 bridgehead atoms. The predicted octanol–water partition coefficient (Wildman–Crippen LogP) is 4.23. The number of nitrogens with zero attached hydrogens (tertiary/aromatic N) is 1. The number of carbonyl (C=O) groups excluding carboxylic acids is 3. The topological polar surface area (TPSA) is 91.7 Å². The summed E-state index contributed by atoms with van der Waals surface area (Å²) in [5, 5.41) is 5.78. The Bertz CT molecular complexity index is 1080. The van der Waals surface area contributed by atoms with E-state index in [4.69, 9.17) is 4.42 Å². The third-order valence-electron chi connectivity index (χ3n) is 6.02. The highest BCUT2D eigenvalue weighted by atomic mass is 16.3. The molecule has 0 unspecified atom stereocenters. The Morgan fingerprint density at radius 3 is 2.21 bits per heavy atom. The van der Waals surface area contributed by atoms with Crippen LogP contribution in [-0.2, 0) is 9.59 Å². The molecule has 0 aliphatic heterocycles. The van der Waals surface area contributed by atoms with Gasteiger partial charge in [0.05, 0.1) is 12.8 Å². The lowest BCUT2D eigenvalue weighted by atomic mass is 9.94. The number of anilines is 1. The lowest BCUT2D eigenvalue weighted by molar-refractivity contribution is -0.127. The number of amides is 3. The van der Waals surface area contributed by atoms with E-state index < -0.39 is 17.9 Å². The van der Waals surface area contributed by atoms with Crippen molar-refractivity contribution in [1.29, 1.82) is 0 Å². The van der Waals surface area contributed by atoms with Crippen molar-refractivity contribution < 1.29 is 18.8 Å². The van der Waals surface area contributed by atoms with Crippen LogP contribution >= 0.6 is 0 Å². The predicted molar refractivity (Wildman–Crippen MR) is 129 cm³/mol. The average molecular weight is 460 g/mol. The monoisotopic (exact) mass is 459 g/mol. The Balaban J connectivity index is 1.63. The molecule has 1 fully saturated rings. The lowest BCUT2D eigenvalue weighted by Gasteiger charge is -2.33. The number of hydrogen-bond donors (Lipinski definition) is 2. The van der Waals surface area contributed by atoms with Gasteiger partial charge < -0.3 is 15.1 Å². The second kappa shape index (κ2) is 11.3. The molecule has 0 radical (unpaired) electrons. The van der Waals surface area contributed by atoms with E-state index in [9.17, 15) is 14.4 Å². The minimum absolute atomic E-state index is 0.0962. The highest BCUT2D eigenvalue weighted by molar-refractivity contribution is 6.04. The number of furan rings is 1. The van der Waals surface area contributed by atoms with Crippen molar-refractivity contribution in [2.75, 3.05) is 11.4 Å². The summed E-state index contributed by atoms with van der Waals surface area (Å²) in [6.45, 7) is -0.283. The zero-order valence-corrected chi connectivity index (χ0v) is 19.0. The quantitative estimate of drug-likeness (QED) is 0.527. The van der Waals surface area contributed by atoms with Gasteiger partial charge in [-0.05, 0) is 42.7 Å². The normalized spacial score (nSPS) is 14.7. The van der Waals surface area contributed by atoms with E-state index >= 15 is 0 Å². The third kappa shape index (κ3) is 5.73. The molecule has 1 saturated carbocycles. The van der Waals surface area contributed by atoms with Crippen LogP contribution in [0.25, 0.3) is 0 Å². The van der Waals surface area contributed by atoms with Crippen LogP contribution in [-0.4, -0.2) is 30.3 Å². The molecule has 1 heterocycles. The summed E-state index contributed by atoms with van der Waals surface area (Å²) in [6.07, 6.45) is 6.62. The molecule has 1 aromatic heterocycles. The van der Waals surface area contributed by atoms with Crippen LogP contribution in [0.4, 0.5) is 5.69 Å². The molecule has 176 valence electrons. The molecule has 1 aliphatic carbocycles. The zero-order valence-electron chi connectivity index (χ0n) is 19.0. The van der Waals surface area contributed by atoms with Crippen molar-refractivity contribution in [3.05, 3.63) is 90.4 Å². The first-order valence-electron chi connectivity index (χ1n) is 11.7. The first-order chi connectivity index (χ1) is 16.6. The molecule has 1 aliphatic rings. The van der Waals surface area contributed by atoms with Crippen LogP contribution in [0.15, 0.2) is 83.5 Å². The molecule has 3 aromatic rings. The van der Waals surface area contributed by atoms with Gasteiger partial charge in [0.2, 0.25) is 11.8 Å². The number of benzene rings is 2. The Hall–Kier alpha value is -3.87. The van der Waals surface area contributed by atoms with Crippen molar-refractivity contribution >= 4 is 23.4 Å². The van der Waals surface area contributed by atoms with Crippen molar-refractivity contribution in [3.8, 4) is 0 Å². The number of nitrogens with one attached hydrogen (secondary N) is 2. The number of rotatable bonds is 8. The summed E-state index contributed by atoms with van der Waals surface area (Å²) >= 11 is 0. The van der Waals surface area contributed by atoms with Gasteiger partial charge in [-0.1, -0.05) is 67.8 Å². The molecule has 3 amide bonds. The number of para-hydroxylation sites is 1. The van der Waals surface area contributed by atoms with E-state index in [1.54, 1.807) is 18.2 Å². The van der Waals surface area contributed by atoms with E-state index in [2.05, 4.69) is 10.6 Å². The van der Waals surface area contributed by atoms with Crippen LogP contribution in [0.3, 0.4) is 0 Å². The Labute approximate surface area is 199 Å². The van der Waals surface area contributed by atoms with Crippen LogP contribution in [0.1, 0.15) is 54.3 Å². The van der Waals surface area contributed by atoms with Crippen molar-refractivity contribution in [2.24, 2.45) is 0 Å². The average Bonchev–Trinajstić information content (AvgIpc) is 3.42. The third-order valence-corrected chi connectivity index (χ3v) is 6.02. The second-order valence-corrected chi connectivity index (χ2v) is 8.42. The Kier molecular flexibility index (Phi) is 7.75. The summed E-state index contributed by atoms with van der Waals surface area (Å²) in [7, 11) is 0. The van der Waals surface area contributed by atoms with Gasteiger partial charge in [0.25, 0.3) is 5.91 Å². The molecular weight excluding hydrogens is 430 g/mol. The van der Waals surface area contributed by atoms with Crippen molar-refractivity contribution in [3.63, 3.8) is 0 Å². The van der Waals surface area contributed by atoms with Crippen LogP contribution in [0, 0.1) is 0 Å². The van der Waals surface area contributed by atoms with Gasteiger partial charge in [0, 0.05) is 11.7 Å². The van der Waals surface area contributed by atoms with E-state index in [0.717, 1.165) is 25.7 Å². The van der Waals surface area contributed by atoms with E-state index in [-0.39, 0.29) is 24.3 Å². The molecular formula is C27H29N3O4. The van der Waals surface area contributed by atoms with Gasteiger partial charge in [0.15, 0.2) is 5.76 Å². The Morgan fingerprint density at radius 2 is 1.56 bits per heavy atom. The van der Waals surface area contributed by atoms with Crippen LogP contribution in [0.5, 0.6) is 0 Å². The fraction of sp³-hybridized carbons (Fsp3) is 0.296. The van der Waals surface area contributed by atoms with Gasteiger partial charge in [0.1, 0.15) is 6.04 Å². The van der Waals surface area contributed by atoms with Crippen LogP contribution < -0.4 is 15.5 Å². The highest BCUT2D eigenvalue weighted by Crippen LogP contribution is 2.29. The largest absolute Gasteiger partial charge is 0.459 e. The lowest BCUT2D eigenvalue weighted by Crippen LogP contribution is -2.49. The molecule has 2 N–H and O–H groups in total.